The van der Waals surface area contributed by atoms with Gasteiger partial charge >= 0.3 is 0 Å². The summed E-state index contributed by atoms with van der Waals surface area (Å²) in [5, 5.41) is 11.4. The average Bonchev–Trinajstić information content (AvgIpc) is 2.51. The van der Waals surface area contributed by atoms with Gasteiger partial charge in [0, 0.05) is 25.5 Å². The summed E-state index contributed by atoms with van der Waals surface area (Å²) in [6.07, 6.45) is 5.04. The van der Waals surface area contributed by atoms with Crippen molar-refractivity contribution < 1.29 is 8.42 Å². The first-order valence-electron chi connectivity index (χ1n) is 6.94. The first-order chi connectivity index (χ1) is 10.6. The van der Waals surface area contributed by atoms with Gasteiger partial charge in [0.1, 0.15) is 16.5 Å². The number of primary sulfonamides is 1. The highest BCUT2D eigenvalue weighted by atomic mass is 32.2. The van der Waals surface area contributed by atoms with Gasteiger partial charge in [0.25, 0.3) is 0 Å². The van der Waals surface area contributed by atoms with E-state index < -0.39 is 10.0 Å². The first kappa shape index (κ1) is 16.2. The summed E-state index contributed by atoms with van der Waals surface area (Å²) >= 11 is 0. The van der Waals surface area contributed by atoms with Crippen LogP contribution < -0.4 is 15.8 Å². The van der Waals surface area contributed by atoms with E-state index in [4.69, 9.17) is 5.14 Å². The van der Waals surface area contributed by atoms with Gasteiger partial charge in [-0.25, -0.2) is 23.5 Å². The summed E-state index contributed by atoms with van der Waals surface area (Å²) in [5.41, 5.74) is 0. The molecule has 8 heteroatoms. The molecule has 0 spiro atoms. The monoisotopic (exact) mass is 321 g/mol. The number of nitrogens with one attached hydrogen (secondary N) is 2. The van der Waals surface area contributed by atoms with E-state index in [1.165, 1.54) is 12.3 Å². The maximum absolute atomic E-state index is 11.4. The maximum Gasteiger partial charge on any atom is 0.241 e. The Bertz CT molecular complexity index is 691. The third-order valence-corrected chi connectivity index (χ3v) is 3.89. The molecule has 0 aliphatic carbocycles. The number of hydrogen-bond acceptors (Lipinski definition) is 6. The minimum Gasteiger partial charge on any atom is -0.370 e. The first-order valence-corrected chi connectivity index (χ1v) is 8.48. The Morgan fingerprint density at radius 1 is 0.955 bits per heavy atom. The molecular formula is C14H19N5O2S. The third kappa shape index (κ3) is 4.97. The number of pyridine rings is 2. The van der Waals surface area contributed by atoms with Gasteiger partial charge in [-0.1, -0.05) is 6.07 Å². The molecule has 2 aromatic rings. The van der Waals surface area contributed by atoms with Crippen LogP contribution in [0, 0.1) is 0 Å². The SMILES string of the molecule is NS(=O)(=O)c1cccnc1NCCCCNc1ccccn1. The Morgan fingerprint density at radius 2 is 1.68 bits per heavy atom. The summed E-state index contributed by atoms with van der Waals surface area (Å²) < 4.78 is 22.9. The summed E-state index contributed by atoms with van der Waals surface area (Å²) in [6.45, 7) is 1.41. The fourth-order valence-electron chi connectivity index (χ4n) is 1.89. The number of unbranched alkanes of at least 4 members (excludes halogenated alkanes) is 1. The van der Waals surface area contributed by atoms with Crippen molar-refractivity contribution in [3.63, 3.8) is 0 Å². The zero-order valence-electron chi connectivity index (χ0n) is 12.1. The largest absolute Gasteiger partial charge is 0.370 e. The molecule has 0 aliphatic rings. The van der Waals surface area contributed by atoms with Crippen LogP contribution in [0.5, 0.6) is 0 Å². The minimum absolute atomic E-state index is 0.0154. The Kier molecular flexibility index (Phi) is 5.68. The second kappa shape index (κ2) is 7.71. The van der Waals surface area contributed by atoms with Crippen LogP contribution in [-0.2, 0) is 10.0 Å². The number of aromatic nitrogens is 2. The standard InChI is InChI=1S/C14H19N5O2S/c15-22(20,21)12-6-5-11-19-14(12)18-10-4-3-9-17-13-7-1-2-8-16-13/h1-2,5-8,11H,3-4,9-10H2,(H,16,17)(H,18,19)(H2,15,20,21). The van der Waals surface area contributed by atoms with Crippen LogP contribution in [0.3, 0.4) is 0 Å². The molecule has 118 valence electrons. The quantitative estimate of drug-likeness (QED) is 0.634. The van der Waals surface area contributed by atoms with Gasteiger partial charge in [0.05, 0.1) is 0 Å². The Hall–Kier alpha value is -2.19. The predicted molar refractivity (Wildman–Crippen MR) is 86.1 cm³/mol. The molecule has 0 aromatic carbocycles. The third-order valence-electron chi connectivity index (χ3n) is 2.94. The van der Waals surface area contributed by atoms with Crippen molar-refractivity contribution in [1.29, 1.82) is 0 Å². The van der Waals surface area contributed by atoms with Crippen LogP contribution in [0.25, 0.3) is 0 Å². The molecule has 0 radical (unpaired) electrons. The van der Waals surface area contributed by atoms with Crippen molar-refractivity contribution >= 4 is 21.7 Å². The average molecular weight is 321 g/mol. The van der Waals surface area contributed by atoms with Gasteiger partial charge in [-0.3, -0.25) is 0 Å². The molecule has 2 heterocycles. The maximum atomic E-state index is 11.4. The zero-order valence-corrected chi connectivity index (χ0v) is 12.9. The zero-order chi connectivity index (χ0) is 15.8. The second-order valence-corrected chi connectivity index (χ2v) is 6.20. The molecule has 2 aromatic heterocycles. The van der Waals surface area contributed by atoms with E-state index >= 15 is 0 Å². The summed E-state index contributed by atoms with van der Waals surface area (Å²) in [4.78, 5) is 8.20. The number of anilines is 2. The van der Waals surface area contributed by atoms with Crippen molar-refractivity contribution in [2.45, 2.75) is 17.7 Å². The normalized spacial score (nSPS) is 11.1. The van der Waals surface area contributed by atoms with Crippen molar-refractivity contribution in [2.24, 2.45) is 5.14 Å². The number of sulfonamides is 1. The molecule has 2 rings (SSSR count). The van der Waals surface area contributed by atoms with Crippen molar-refractivity contribution in [3.05, 3.63) is 42.7 Å². The molecular weight excluding hydrogens is 302 g/mol. The van der Waals surface area contributed by atoms with Gasteiger partial charge in [0.2, 0.25) is 10.0 Å². The van der Waals surface area contributed by atoms with Crippen molar-refractivity contribution in [3.8, 4) is 0 Å². The smallest absolute Gasteiger partial charge is 0.241 e. The van der Waals surface area contributed by atoms with Gasteiger partial charge in [0.15, 0.2) is 0 Å². The van der Waals surface area contributed by atoms with Gasteiger partial charge < -0.3 is 10.6 Å². The van der Waals surface area contributed by atoms with Gasteiger partial charge in [-0.2, -0.15) is 0 Å². The Morgan fingerprint density at radius 3 is 2.36 bits per heavy atom. The Labute approximate surface area is 130 Å². The van der Waals surface area contributed by atoms with E-state index in [0.717, 1.165) is 25.2 Å². The number of rotatable bonds is 8. The minimum atomic E-state index is -3.76. The highest BCUT2D eigenvalue weighted by Crippen LogP contribution is 2.16. The lowest BCUT2D eigenvalue weighted by Gasteiger charge is -2.09. The Balaban J connectivity index is 1.73. The molecule has 0 saturated heterocycles. The molecule has 0 aliphatic heterocycles. The second-order valence-electron chi connectivity index (χ2n) is 4.67. The van der Waals surface area contributed by atoms with Crippen LogP contribution in [0.2, 0.25) is 0 Å². The van der Waals surface area contributed by atoms with Crippen LogP contribution in [0.1, 0.15) is 12.8 Å². The topological polar surface area (TPSA) is 110 Å². The van der Waals surface area contributed by atoms with E-state index in [0.29, 0.717) is 12.4 Å². The van der Waals surface area contributed by atoms with Gasteiger partial charge in [-0.05, 0) is 37.1 Å². The molecule has 0 bridgehead atoms. The summed E-state index contributed by atoms with van der Waals surface area (Å²) in [7, 11) is -3.76. The molecule has 0 amide bonds. The summed E-state index contributed by atoms with van der Waals surface area (Å²) in [6, 6.07) is 8.68. The molecule has 0 atom stereocenters. The molecule has 0 saturated carbocycles. The molecule has 7 nitrogen and oxygen atoms in total. The number of nitrogens with two attached hydrogens (primary N) is 1. The van der Waals surface area contributed by atoms with Crippen molar-refractivity contribution in [2.75, 3.05) is 23.7 Å². The van der Waals surface area contributed by atoms with Gasteiger partial charge in [-0.15, -0.1) is 0 Å². The lowest BCUT2D eigenvalue weighted by molar-refractivity contribution is 0.597. The van der Waals surface area contributed by atoms with Crippen molar-refractivity contribution in [1.82, 2.24) is 9.97 Å². The highest BCUT2D eigenvalue weighted by molar-refractivity contribution is 7.89. The fourth-order valence-corrected chi connectivity index (χ4v) is 2.56. The fraction of sp³-hybridized carbons (Fsp3) is 0.286. The van der Waals surface area contributed by atoms with E-state index in [2.05, 4.69) is 20.6 Å². The molecule has 4 N–H and O–H groups in total. The van der Waals surface area contributed by atoms with Crippen LogP contribution in [0.4, 0.5) is 11.6 Å². The van der Waals surface area contributed by atoms with E-state index in [1.54, 1.807) is 12.3 Å². The van der Waals surface area contributed by atoms with E-state index in [9.17, 15) is 8.42 Å². The number of hydrogen-bond donors (Lipinski definition) is 3. The lowest BCUT2D eigenvalue weighted by atomic mass is 10.3. The molecule has 0 fully saturated rings. The van der Waals surface area contributed by atoms with Crippen LogP contribution >= 0.6 is 0 Å². The lowest BCUT2D eigenvalue weighted by Crippen LogP contribution is -2.16. The number of nitrogens with zero attached hydrogens (tertiary/aromatic N) is 2. The molecule has 22 heavy (non-hydrogen) atoms. The van der Waals surface area contributed by atoms with E-state index in [1.807, 2.05) is 18.2 Å². The molecule has 0 unspecified atom stereocenters. The van der Waals surface area contributed by atoms with Crippen LogP contribution in [0.15, 0.2) is 47.6 Å². The predicted octanol–water partition coefficient (Wildman–Crippen LogP) is 1.43. The summed E-state index contributed by atoms with van der Waals surface area (Å²) in [5.74, 6) is 1.14. The van der Waals surface area contributed by atoms with E-state index in [-0.39, 0.29) is 4.90 Å². The highest BCUT2D eigenvalue weighted by Gasteiger charge is 2.13. The van der Waals surface area contributed by atoms with Crippen LogP contribution in [-0.4, -0.2) is 31.5 Å².